The van der Waals surface area contributed by atoms with Gasteiger partial charge in [0.2, 0.25) is 5.91 Å². The Morgan fingerprint density at radius 3 is 2.84 bits per heavy atom. The molecule has 1 amide bonds. The van der Waals surface area contributed by atoms with Crippen molar-refractivity contribution >= 4 is 58.6 Å². The van der Waals surface area contributed by atoms with Crippen molar-refractivity contribution < 1.29 is 24.2 Å². The number of carbonyl (C=O) groups is 3. The van der Waals surface area contributed by atoms with Crippen molar-refractivity contribution in [3.05, 3.63) is 47.0 Å². The van der Waals surface area contributed by atoms with E-state index < -0.39 is 6.09 Å². The largest absolute Gasteiger partial charge is 0.483 e. The van der Waals surface area contributed by atoms with Crippen LogP contribution in [0.15, 0.2) is 36.4 Å². The number of ether oxygens (including phenoxy) is 1. The van der Waals surface area contributed by atoms with Crippen LogP contribution in [-0.4, -0.2) is 64.6 Å². The van der Waals surface area contributed by atoms with Crippen LogP contribution in [0.5, 0.6) is 0 Å². The van der Waals surface area contributed by atoms with Crippen LogP contribution in [0.1, 0.15) is 25.3 Å². The molecule has 0 aliphatic carbocycles. The number of hydrogen-bond acceptors (Lipinski definition) is 8. The highest BCUT2D eigenvalue weighted by Crippen LogP contribution is 2.34. The quantitative estimate of drug-likeness (QED) is 0.280. The van der Waals surface area contributed by atoms with E-state index in [1.807, 2.05) is 13.0 Å². The molecule has 1 atom stereocenters. The number of rotatable bonds is 7. The second-order valence-electron chi connectivity index (χ2n) is 8.25. The first-order valence-electron chi connectivity index (χ1n) is 12.0. The first kappa shape index (κ1) is 29.0. The van der Waals surface area contributed by atoms with Gasteiger partial charge in [0.15, 0.2) is 5.82 Å². The summed E-state index contributed by atoms with van der Waals surface area (Å²) in [6.07, 6.45) is 1.10. The van der Waals surface area contributed by atoms with Gasteiger partial charge in [-0.1, -0.05) is 24.6 Å². The summed E-state index contributed by atoms with van der Waals surface area (Å²) in [5.41, 5.74) is 2.40. The summed E-state index contributed by atoms with van der Waals surface area (Å²) in [6.45, 7) is 3.56. The lowest BCUT2D eigenvalue weighted by atomic mass is 9.98. The van der Waals surface area contributed by atoms with Gasteiger partial charge in [-0.25, -0.2) is 4.79 Å². The summed E-state index contributed by atoms with van der Waals surface area (Å²) in [5, 5.41) is 27.8. The van der Waals surface area contributed by atoms with Crippen LogP contribution < -0.4 is 10.6 Å². The minimum Gasteiger partial charge on any atom is -0.483 e. The average Bonchev–Trinajstić information content (AvgIpc) is 3.29. The maximum absolute atomic E-state index is 13.0. The third-order valence-corrected chi connectivity index (χ3v) is 7.02. The van der Waals surface area contributed by atoms with E-state index in [9.17, 15) is 14.9 Å². The third kappa shape index (κ3) is 7.25. The number of hydrogen-bond donors (Lipinski definition) is 3. The fraction of sp³-hybridized carbons (Fsp3) is 0.346. The molecule has 200 valence electrons. The molecule has 0 unspecified atom stereocenters. The summed E-state index contributed by atoms with van der Waals surface area (Å²) in [7, 11) is 0. The zero-order valence-corrected chi connectivity index (χ0v) is 22.3. The molecule has 1 aliphatic heterocycles. The molecule has 0 saturated carbocycles. The number of benzene rings is 2. The lowest BCUT2D eigenvalue weighted by Crippen LogP contribution is -2.37. The van der Waals surface area contributed by atoms with Gasteiger partial charge in [0.1, 0.15) is 6.61 Å². The van der Waals surface area contributed by atoms with E-state index in [1.54, 1.807) is 42.1 Å². The number of halogens is 1. The van der Waals surface area contributed by atoms with E-state index in [-0.39, 0.29) is 30.7 Å². The maximum Gasteiger partial charge on any atom is 0.435 e. The van der Waals surface area contributed by atoms with E-state index in [1.165, 1.54) is 4.68 Å². The smallest absolute Gasteiger partial charge is 0.435 e. The molecular weight excluding hydrogens is 530 g/mol. The van der Waals surface area contributed by atoms with E-state index in [4.69, 9.17) is 26.2 Å². The molecule has 1 fully saturated rings. The normalized spacial score (nSPS) is 14.6. The number of carbonyl (C=O) groups excluding carboxylic acids is 2. The molecule has 10 nitrogen and oxygen atoms in total. The lowest BCUT2D eigenvalue weighted by molar-refractivity contribution is -0.123. The first-order valence-corrected chi connectivity index (χ1v) is 13.5. The number of anilines is 1. The van der Waals surface area contributed by atoms with Gasteiger partial charge >= 0.3 is 6.09 Å². The summed E-state index contributed by atoms with van der Waals surface area (Å²) < 4.78 is 6.58. The highest BCUT2D eigenvalue weighted by Gasteiger charge is 2.24. The van der Waals surface area contributed by atoms with Crippen LogP contribution in [0.4, 0.5) is 10.6 Å². The number of nitrogens with zero attached hydrogens (tertiary/aromatic N) is 3. The predicted octanol–water partition coefficient (Wildman–Crippen LogP) is 4.61. The van der Waals surface area contributed by atoms with E-state index in [0.29, 0.717) is 39.4 Å². The van der Waals surface area contributed by atoms with Gasteiger partial charge in [0, 0.05) is 28.3 Å². The van der Waals surface area contributed by atoms with Crippen molar-refractivity contribution in [2.24, 2.45) is 5.92 Å². The van der Waals surface area contributed by atoms with Gasteiger partial charge in [-0.05, 0) is 61.0 Å². The molecule has 0 bridgehead atoms. The topological polar surface area (TPSA) is 146 Å². The van der Waals surface area contributed by atoms with Gasteiger partial charge in [0.05, 0.1) is 23.1 Å². The standard InChI is InChI=1S/C25H26ClN5O3S.CH2O2/c1-2-35-11-10-34-25(33)31-22-8-6-17(19-12-16(14-27)5-7-21(19)26)13-20(22)23(30-31)29-24(32)18-4-3-9-28-15-18;2-1-3/h5-8,12-13,18,28H,2-4,9-11,15H2,1H3,(H,29,30,32);1H,(H,2,3)/t18-;/m1./s1. The van der Waals surface area contributed by atoms with E-state index in [2.05, 4.69) is 21.8 Å². The summed E-state index contributed by atoms with van der Waals surface area (Å²) >= 11 is 8.10. The van der Waals surface area contributed by atoms with E-state index in [0.717, 1.165) is 30.7 Å². The second kappa shape index (κ2) is 14.4. The molecule has 0 spiro atoms. The predicted molar refractivity (Wildman–Crippen MR) is 148 cm³/mol. The van der Waals surface area contributed by atoms with Gasteiger partial charge in [-0.3, -0.25) is 9.59 Å². The molecule has 38 heavy (non-hydrogen) atoms. The van der Waals surface area contributed by atoms with E-state index >= 15 is 0 Å². The van der Waals surface area contributed by atoms with Crippen molar-refractivity contribution in [1.82, 2.24) is 15.1 Å². The minimum atomic E-state index is -0.608. The molecule has 0 radical (unpaired) electrons. The Kier molecular flexibility index (Phi) is 11.0. The molecule has 1 aromatic heterocycles. The zero-order valence-electron chi connectivity index (χ0n) is 20.8. The number of fused-ring (bicyclic) bond motifs is 1. The van der Waals surface area contributed by atoms with Crippen LogP contribution >= 0.6 is 23.4 Å². The fourth-order valence-corrected chi connectivity index (χ4v) is 4.74. The maximum atomic E-state index is 13.0. The number of nitrogens with one attached hydrogen (secondary N) is 2. The van der Waals surface area contributed by atoms with Gasteiger partial charge in [-0.2, -0.15) is 21.7 Å². The van der Waals surface area contributed by atoms with Crippen molar-refractivity contribution in [2.75, 3.05) is 36.5 Å². The molecular formula is C26H28ClN5O5S. The number of carboxylic acid groups (broad SMARTS) is 1. The number of piperidine rings is 1. The average molecular weight is 558 g/mol. The number of aromatic nitrogens is 2. The van der Waals surface area contributed by atoms with Crippen LogP contribution in [0, 0.1) is 17.2 Å². The number of thioether (sulfide) groups is 1. The summed E-state index contributed by atoms with van der Waals surface area (Å²) in [4.78, 5) is 34.1. The molecule has 4 rings (SSSR count). The highest BCUT2D eigenvalue weighted by atomic mass is 35.5. The van der Waals surface area contributed by atoms with Crippen LogP contribution in [0.25, 0.3) is 22.0 Å². The van der Waals surface area contributed by atoms with Gasteiger partial charge in [0.25, 0.3) is 6.47 Å². The minimum absolute atomic E-state index is 0.147. The van der Waals surface area contributed by atoms with Gasteiger partial charge in [-0.15, -0.1) is 5.10 Å². The first-order chi connectivity index (χ1) is 18.4. The summed E-state index contributed by atoms with van der Waals surface area (Å²) in [5.74, 6) is 1.59. The van der Waals surface area contributed by atoms with Crippen molar-refractivity contribution in [1.29, 1.82) is 5.26 Å². The Morgan fingerprint density at radius 1 is 1.37 bits per heavy atom. The molecule has 2 heterocycles. The summed E-state index contributed by atoms with van der Waals surface area (Å²) in [6, 6.07) is 12.5. The number of amides is 1. The van der Waals surface area contributed by atoms with Crippen molar-refractivity contribution in [3.63, 3.8) is 0 Å². The molecule has 1 aliphatic rings. The molecule has 3 N–H and O–H groups in total. The van der Waals surface area contributed by atoms with Crippen molar-refractivity contribution in [2.45, 2.75) is 19.8 Å². The Hall–Kier alpha value is -3.59. The molecule has 2 aromatic carbocycles. The second-order valence-corrected chi connectivity index (χ2v) is 10.0. The Bertz CT molecular complexity index is 1330. The number of nitriles is 1. The van der Waals surface area contributed by atoms with Crippen LogP contribution in [0.2, 0.25) is 5.02 Å². The Balaban J connectivity index is 0.00000127. The molecule has 12 heteroatoms. The Morgan fingerprint density at radius 2 is 2.16 bits per heavy atom. The van der Waals surface area contributed by atoms with Crippen molar-refractivity contribution in [3.8, 4) is 17.2 Å². The third-order valence-electron chi connectivity index (χ3n) is 5.83. The lowest BCUT2D eigenvalue weighted by Gasteiger charge is -2.21. The molecule has 3 aromatic rings. The van der Waals surface area contributed by atoms with Gasteiger partial charge < -0.3 is 20.5 Å². The van der Waals surface area contributed by atoms with Crippen LogP contribution in [0.3, 0.4) is 0 Å². The molecule has 1 saturated heterocycles. The Labute approximate surface area is 229 Å². The fourth-order valence-electron chi connectivity index (χ4n) is 4.02. The van der Waals surface area contributed by atoms with Crippen LogP contribution in [-0.2, 0) is 14.3 Å². The monoisotopic (exact) mass is 557 g/mol. The zero-order chi connectivity index (χ0) is 27.5. The highest BCUT2D eigenvalue weighted by molar-refractivity contribution is 7.99. The SMILES string of the molecule is CCSCCOC(=O)n1nc(NC(=O)[C@@H]2CCCNC2)c2cc(-c3cc(C#N)ccc3Cl)ccc21.O=CO.